The average molecular weight is 643 g/mol. The van der Waals surface area contributed by atoms with Crippen molar-refractivity contribution in [3.05, 3.63) is 81.9 Å². The van der Waals surface area contributed by atoms with Gasteiger partial charge < -0.3 is 14.6 Å². The molecule has 10 nitrogen and oxygen atoms in total. The number of piperidine rings is 1. The predicted octanol–water partition coefficient (Wildman–Crippen LogP) is 5.87. The third-order valence-electron chi connectivity index (χ3n) is 9.37. The van der Waals surface area contributed by atoms with E-state index in [0.717, 1.165) is 80.0 Å². The molecule has 47 heavy (non-hydrogen) atoms. The molecule has 8 rings (SSSR count). The number of pyridine rings is 1. The Bertz CT molecular complexity index is 2020. The molecule has 4 aromatic heterocycles. The summed E-state index contributed by atoms with van der Waals surface area (Å²) in [7, 11) is 1.55. The molecule has 5 aromatic rings. The van der Waals surface area contributed by atoms with Gasteiger partial charge in [0.15, 0.2) is 11.5 Å². The van der Waals surface area contributed by atoms with Crippen LogP contribution in [0.5, 0.6) is 5.88 Å². The van der Waals surface area contributed by atoms with Gasteiger partial charge in [0, 0.05) is 40.9 Å². The number of ether oxygens (including phenoxy) is 1. The van der Waals surface area contributed by atoms with Gasteiger partial charge in [-0.25, -0.2) is 24.9 Å². The van der Waals surface area contributed by atoms with Crippen LogP contribution in [0.15, 0.2) is 53.8 Å². The number of imidazole rings is 1. The molecule has 0 radical (unpaired) electrons. The van der Waals surface area contributed by atoms with Crippen molar-refractivity contribution < 1.29 is 17.9 Å². The van der Waals surface area contributed by atoms with Gasteiger partial charge in [0.2, 0.25) is 5.88 Å². The second kappa shape index (κ2) is 11.5. The number of hydrogen-bond acceptors (Lipinski definition) is 8. The number of aromatic nitrogens is 7. The predicted molar refractivity (Wildman–Crippen MR) is 168 cm³/mol. The lowest BCUT2D eigenvalue weighted by atomic mass is 9.90. The number of nitrogens with zero attached hydrogens (tertiary/aromatic N) is 7. The number of hydrogen-bond donors (Lipinski definition) is 1. The molecule has 1 aliphatic heterocycles. The van der Waals surface area contributed by atoms with Gasteiger partial charge in [-0.15, -0.1) is 0 Å². The lowest BCUT2D eigenvalue weighted by molar-refractivity contribution is -0.140. The maximum absolute atomic E-state index is 14.3. The van der Waals surface area contributed by atoms with E-state index in [2.05, 4.69) is 20.3 Å². The zero-order chi connectivity index (χ0) is 32.3. The molecule has 242 valence electrons. The molecule has 0 spiro atoms. The van der Waals surface area contributed by atoms with Crippen LogP contribution in [0.2, 0.25) is 0 Å². The molecule has 1 saturated heterocycles. The van der Waals surface area contributed by atoms with Crippen LogP contribution in [0.3, 0.4) is 0 Å². The molecule has 1 aromatic carbocycles. The summed E-state index contributed by atoms with van der Waals surface area (Å²) in [5.41, 5.74) is 3.07. The zero-order valence-electron chi connectivity index (χ0n) is 25.8. The molecule has 13 heteroatoms. The van der Waals surface area contributed by atoms with Gasteiger partial charge in [-0.3, -0.25) is 9.36 Å². The second-order valence-corrected chi connectivity index (χ2v) is 12.7. The highest BCUT2D eigenvalue weighted by molar-refractivity contribution is 5.79. The maximum Gasteiger partial charge on any atom is 0.434 e. The minimum atomic E-state index is -4.52. The van der Waals surface area contributed by atoms with E-state index < -0.39 is 11.9 Å². The Morgan fingerprint density at radius 3 is 2.40 bits per heavy atom. The van der Waals surface area contributed by atoms with Gasteiger partial charge >= 0.3 is 6.18 Å². The van der Waals surface area contributed by atoms with Crippen LogP contribution >= 0.6 is 0 Å². The first-order valence-corrected chi connectivity index (χ1v) is 16.0. The molecule has 0 bridgehead atoms. The van der Waals surface area contributed by atoms with E-state index in [9.17, 15) is 18.0 Å². The van der Waals surface area contributed by atoms with Crippen molar-refractivity contribution >= 4 is 11.0 Å². The summed E-state index contributed by atoms with van der Waals surface area (Å²) in [5.74, 6) is 1.46. The molecule has 0 unspecified atom stereocenters. The van der Waals surface area contributed by atoms with E-state index >= 15 is 0 Å². The van der Waals surface area contributed by atoms with Crippen LogP contribution in [0.25, 0.3) is 33.8 Å². The summed E-state index contributed by atoms with van der Waals surface area (Å²) in [6.07, 6.45) is 5.22. The van der Waals surface area contributed by atoms with E-state index in [0.29, 0.717) is 34.3 Å². The Labute approximate surface area is 268 Å². The van der Waals surface area contributed by atoms with Crippen molar-refractivity contribution in [3.8, 4) is 28.7 Å². The monoisotopic (exact) mass is 642 g/mol. The first-order chi connectivity index (χ1) is 22.8. The Kier molecular flexibility index (Phi) is 7.31. The Morgan fingerprint density at radius 2 is 1.72 bits per heavy atom. The SMILES string of the molecule is COc1ncnc(C2CC2)c1-c1ncc2cc(C3CCNCC3)c(=O)n(Cc3ccc(-c4nc(C(F)(F)F)cn4C4CC4)cc3)c2n1. The number of alkyl halides is 3. The van der Waals surface area contributed by atoms with E-state index in [-0.39, 0.29) is 30.0 Å². The van der Waals surface area contributed by atoms with Crippen molar-refractivity contribution in [2.45, 2.75) is 69.1 Å². The number of halogens is 3. The van der Waals surface area contributed by atoms with Gasteiger partial charge in [-0.05, 0) is 69.2 Å². The Balaban J connectivity index is 1.22. The third kappa shape index (κ3) is 5.66. The summed E-state index contributed by atoms with van der Waals surface area (Å²) in [5, 5.41) is 4.11. The van der Waals surface area contributed by atoms with E-state index in [4.69, 9.17) is 14.7 Å². The summed E-state index contributed by atoms with van der Waals surface area (Å²) >= 11 is 0. The molecule has 2 saturated carbocycles. The van der Waals surface area contributed by atoms with Gasteiger partial charge in [0.25, 0.3) is 5.56 Å². The number of benzene rings is 1. The molecular weight excluding hydrogens is 609 g/mol. The first-order valence-electron chi connectivity index (χ1n) is 16.0. The molecule has 3 fully saturated rings. The van der Waals surface area contributed by atoms with Gasteiger partial charge in [0.05, 0.1) is 19.3 Å². The summed E-state index contributed by atoms with van der Waals surface area (Å²) < 4.78 is 49.5. The average Bonchev–Trinajstić information content (AvgIpc) is 4.04. The quantitative estimate of drug-likeness (QED) is 0.224. The van der Waals surface area contributed by atoms with Crippen molar-refractivity contribution in [1.29, 1.82) is 0 Å². The topological polar surface area (TPSA) is 113 Å². The maximum atomic E-state index is 14.3. The number of rotatable bonds is 8. The summed E-state index contributed by atoms with van der Waals surface area (Å²) in [6, 6.07) is 9.17. The van der Waals surface area contributed by atoms with Crippen LogP contribution in [-0.2, 0) is 12.7 Å². The first kappa shape index (κ1) is 29.7. The van der Waals surface area contributed by atoms with Crippen LogP contribution < -0.4 is 15.6 Å². The lowest BCUT2D eigenvalue weighted by Gasteiger charge is -2.24. The van der Waals surface area contributed by atoms with Crippen LogP contribution in [-0.4, -0.2) is 54.3 Å². The van der Waals surface area contributed by atoms with E-state index in [1.165, 1.54) is 6.33 Å². The van der Waals surface area contributed by atoms with Crippen molar-refractivity contribution in [2.24, 2.45) is 0 Å². The minimum Gasteiger partial charge on any atom is -0.480 e. The smallest absolute Gasteiger partial charge is 0.434 e. The minimum absolute atomic E-state index is 0.0268. The largest absolute Gasteiger partial charge is 0.480 e. The number of fused-ring (bicyclic) bond motifs is 1. The van der Waals surface area contributed by atoms with Crippen molar-refractivity contribution in [1.82, 2.24) is 39.4 Å². The molecule has 3 aliphatic rings. The van der Waals surface area contributed by atoms with Crippen molar-refractivity contribution in [2.75, 3.05) is 20.2 Å². The van der Waals surface area contributed by atoms with Crippen LogP contribution in [0.1, 0.15) is 78.9 Å². The number of methoxy groups -OCH3 is 1. The standard InChI is InChI=1S/C34H33F3N8O2/c1-47-32-27(28(21-6-7-21)40-18-41-32)29-39-15-23-14-25(20-10-12-38-13-11-20)33(46)45(31(23)43-29)16-19-2-4-22(5-3-19)30-42-26(34(35,36)37)17-44(30)24-8-9-24/h2-5,14-15,17-18,20-21,24,38H,6-13,16H2,1H3. The molecule has 0 amide bonds. The molecule has 1 N–H and O–H groups in total. The van der Waals surface area contributed by atoms with Crippen LogP contribution in [0.4, 0.5) is 13.2 Å². The van der Waals surface area contributed by atoms with Crippen molar-refractivity contribution in [3.63, 3.8) is 0 Å². The second-order valence-electron chi connectivity index (χ2n) is 12.7. The highest BCUT2D eigenvalue weighted by Crippen LogP contribution is 2.45. The lowest BCUT2D eigenvalue weighted by Crippen LogP contribution is -2.32. The Hall–Kier alpha value is -4.65. The highest BCUT2D eigenvalue weighted by atomic mass is 19.4. The van der Waals surface area contributed by atoms with Gasteiger partial charge in [-0.1, -0.05) is 24.3 Å². The van der Waals surface area contributed by atoms with E-state index in [1.807, 2.05) is 18.2 Å². The summed E-state index contributed by atoms with van der Waals surface area (Å²) in [4.78, 5) is 36.8. The van der Waals surface area contributed by atoms with Crippen LogP contribution in [0, 0.1) is 0 Å². The molecule has 5 heterocycles. The van der Waals surface area contributed by atoms with Gasteiger partial charge in [-0.2, -0.15) is 13.2 Å². The highest BCUT2D eigenvalue weighted by Gasteiger charge is 2.37. The van der Waals surface area contributed by atoms with Gasteiger partial charge in [0.1, 0.15) is 23.4 Å². The fraction of sp³-hybridized carbons (Fsp3) is 0.412. The fourth-order valence-corrected chi connectivity index (χ4v) is 6.60. The summed E-state index contributed by atoms with van der Waals surface area (Å²) in [6.45, 7) is 1.89. The molecule has 2 aliphatic carbocycles. The molecule has 0 atom stereocenters. The number of nitrogens with one attached hydrogen (secondary N) is 1. The normalized spacial score (nSPS) is 17.4. The van der Waals surface area contributed by atoms with E-state index in [1.54, 1.807) is 34.6 Å². The zero-order valence-corrected chi connectivity index (χ0v) is 25.8. The Morgan fingerprint density at radius 1 is 0.957 bits per heavy atom. The third-order valence-corrected chi connectivity index (χ3v) is 9.37. The fourth-order valence-electron chi connectivity index (χ4n) is 6.60. The molecular formula is C34H33F3N8O2.